The van der Waals surface area contributed by atoms with Gasteiger partial charge >= 0.3 is 0 Å². The summed E-state index contributed by atoms with van der Waals surface area (Å²) < 4.78 is 5.31. The standard InChI is InChI=1S/C12H17NO2/c1-10(14)11-3-2-4-12(9-11)13-5-7-15-8-6-13/h2-4,9-10,14H,5-8H2,1H3. The van der Waals surface area contributed by atoms with E-state index in [1.54, 1.807) is 6.92 Å². The summed E-state index contributed by atoms with van der Waals surface area (Å²) in [6.07, 6.45) is -0.397. The SMILES string of the molecule is CC(O)c1cccc(N2CCOCC2)c1. The fraction of sp³-hybridized carbons (Fsp3) is 0.500. The minimum atomic E-state index is -0.397. The summed E-state index contributed by atoms with van der Waals surface area (Å²) in [5, 5.41) is 9.50. The van der Waals surface area contributed by atoms with E-state index in [1.165, 1.54) is 5.69 Å². The molecule has 0 saturated carbocycles. The third-order valence-electron chi connectivity index (χ3n) is 2.73. The van der Waals surface area contributed by atoms with Crippen molar-refractivity contribution in [1.82, 2.24) is 0 Å². The smallest absolute Gasteiger partial charge is 0.0762 e. The van der Waals surface area contributed by atoms with Crippen LogP contribution in [0.1, 0.15) is 18.6 Å². The molecule has 0 aliphatic carbocycles. The van der Waals surface area contributed by atoms with Gasteiger partial charge in [0.1, 0.15) is 0 Å². The minimum absolute atomic E-state index is 0.397. The summed E-state index contributed by atoms with van der Waals surface area (Å²) in [4.78, 5) is 2.29. The van der Waals surface area contributed by atoms with Crippen molar-refractivity contribution < 1.29 is 9.84 Å². The highest BCUT2D eigenvalue weighted by Crippen LogP contribution is 2.21. The fourth-order valence-electron chi connectivity index (χ4n) is 1.80. The predicted octanol–water partition coefficient (Wildman–Crippen LogP) is 1.58. The molecule has 1 aromatic rings. The van der Waals surface area contributed by atoms with Gasteiger partial charge in [-0.2, -0.15) is 0 Å². The highest BCUT2D eigenvalue weighted by molar-refractivity contribution is 5.49. The van der Waals surface area contributed by atoms with Crippen LogP contribution in [0.25, 0.3) is 0 Å². The van der Waals surface area contributed by atoms with Gasteiger partial charge in [0.2, 0.25) is 0 Å². The Kier molecular flexibility index (Phi) is 3.23. The first-order chi connectivity index (χ1) is 7.27. The first-order valence-corrected chi connectivity index (χ1v) is 5.38. The van der Waals surface area contributed by atoms with Crippen LogP contribution < -0.4 is 4.90 Å². The Balaban J connectivity index is 2.16. The van der Waals surface area contributed by atoms with Crippen LogP contribution in [0.2, 0.25) is 0 Å². The Labute approximate surface area is 90.3 Å². The van der Waals surface area contributed by atoms with Crippen LogP contribution in [-0.4, -0.2) is 31.4 Å². The summed E-state index contributed by atoms with van der Waals surface area (Å²) in [5.41, 5.74) is 2.15. The highest BCUT2D eigenvalue weighted by atomic mass is 16.5. The monoisotopic (exact) mass is 207 g/mol. The zero-order valence-electron chi connectivity index (χ0n) is 9.02. The van der Waals surface area contributed by atoms with E-state index in [9.17, 15) is 5.11 Å². The molecule has 82 valence electrons. The first-order valence-electron chi connectivity index (χ1n) is 5.38. The van der Waals surface area contributed by atoms with Gasteiger partial charge in [-0.1, -0.05) is 12.1 Å². The number of nitrogens with zero attached hydrogens (tertiary/aromatic N) is 1. The Bertz CT molecular complexity index is 319. The Morgan fingerprint density at radius 1 is 1.33 bits per heavy atom. The second-order valence-electron chi connectivity index (χ2n) is 3.87. The predicted molar refractivity (Wildman–Crippen MR) is 60.1 cm³/mol. The minimum Gasteiger partial charge on any atom is -0.389 e. The van der Waals surface area contributed by atoms with Gasteiger partial charge in [0.25, 0.3) is 0 Å². The summed E-state index contributed by atoms with van der Waals surface area (Å²) in [7, 11) is 0. The fourth-order valence-corrected chi connectivity index (χ4v) is 1.80. The van der Waals surface area contributed by atoms with Crippen molar-refractivity contribution in [2.24, 2.45) is 0 Å². The summed E-state index contributed by atoms with van der Waals surface area (Å²) >= 11 is 0. The lowest BCUT2D eigenvalue weighted by molar-refractivity contribution is 0.122. The number of morpholine rings is 1. The van der Waals surface area contributed by atoms with Crippen molar-refractivity contribution in [2.45, 2.75) is 13.0 Å². The molecule has 0 bridgehead atoms. The average Bonchev–Trinajstić information content (AvgIpc) is 2.30. The first kappa shape index (κ1) is 10.5. The third kappa shape index (κ3) is 2.49. The van der Waals surface area contributed by atoms with E-state index in [4.69, 9.17) is 4.74 Å². The topological polar surface area (TPSA) is 32.7 Å². The maximum absolute atomic E-state index is 9.50. The molecule has 0 spiro atoms. The molecule has 3 nitrogen and oxygen atoms in total. The maximum atomic E-state index is 9.50. The molecule has 1 saturated heterocycles. The van der Waals surface area contributed by atoms with Crippen molar-refractivity contribution >= 4 is 5.69 Å². The molecule has 1 unspecified atom stereocenters. The highest BCUT2D eigenvalue weighted by Gasteiger charge is 2.11. The lowest BCUT2D eigenvalue weighted by atomic mass is 10.1. The molecule has 1 aromatic carbocycles. The number of anilines is 1. The van der Waals surface area contributed by atoms with Gasteiger partial charge in [-0.3, -0.25) is 0 Å². The molecule has 0 aromatic heterocycles. The number of aliphatic hydroxyl groups excluding tert-OH is 1. The normalized spacial score (nSPS) is 18.9. The Morgan fingerprint density at radius 3 is 2.73 bits per heavy atom. The second-order valence-corrected chi connectivity index (χ2v) is 3.87. The number of benzene rings is 1. The number of hydrogen-bond donors (Lipinski definition) is 1. The number of aliphatic hydroxyl groups is 1. The molecule has 0 radical (unpaired) electrons. The molecule has 1 fully saturated rings. The number of hydrogen-bond acceptors (Lipinski definition) is 3. The molecule has 2 rings (SSSR count). The van der Waals surface area contributed by atoms with Gasteiger partial charge in [0.15, 0.2) is 0 Å². The van der Waals surface area contributed by atoms with E-state index in [0.29, 0.717) is 0 Å². The number of ether oxygens (including phenoxy) is 1. The van der Waals surface area contributed by atoms with Crippen molar-refractivity contribution in [3.63, 3.8) is 0 Å². The largest absolute Gasteiger partial charge is 0.389 e. The van der Waals surface area contributed by atoms with Crippen molar-refractivity contribution in [1.29, 1.82) is 0 Å². The lowest BCUT2D eigenvalue weighted by Crippen LogP contribution is -2.36. The molecular formula is C12H17NO2. The molecule has 0 amide bonds. The van der Waals surface area contributed by atoms with Gasteiger partial charge in [-0.15, -0.1) is 0 Å². The maximum Gasteiger partial charge on any atom is 0.0762 e. The van der Waals surface area contributed by atoms with Crippen LogP contribution in [0.5, 0.6) is 0 Å². The van der Waals surface area contributed by atoms with Crippen LogP contribution in [0.3, 0.4) is 0 Å². The van der Waals surface area contributed by atoms with Gasteiger partial charge in [0, 0.05) is 18.8 Å². The quantitative estimate of drug-likeness (QED) is 0.799. The van der Waals surface area contributed by atoms with Gasteiger partial charge in [0.05, 0.1) is 19.3 Å². The summed E-state index contributed by atoms with van der Waals surface area (Å²) in [6, 6.07) is 8.08. The van der Waals surface area contributed by atoms with Crippen LogP contribution in [-0.2, 0) is 4.74 Å². The molecule has 1 atom stereocenters. The lowest BCUT2D eigenvalue weighted by Gasteiger charge is -2.29. The molecule has 3 heteroatoms. The Morgan fingerprint density at radius 2 is 2.07 bits per heavy atom. The molecule has 1 aliphatic rings. The van der Waals surface area contributed by atoms with E-state index in [-0.39, 0.29) is 0 Å². The van der Waals surface area contributed by atoms with E-state index in [0.717, 1.165) is 31.9 Å². The van der Waals surface area contributed by atoms with E-state index >= 15 is 0 Å². The van der Waals surface area contributed by atoms with Gasteiger partial charge in [-0.05, 0) is 24.6 Å². The summed E-state index contributed by atoms with van der Waals surface area (Å²) in [6.45, 7) is 5.24. The van der Waals surface area contributed by atoms with E-state index in [2.05, 4.69) is 17.0 Å². The van der Waals surface area contributed by atoms with Crippen LogP contribution in [0, 0.1) is 0 Å². The number of rotatable bonds is 2. The molecule has 1 N–H and O–H groups in total. The summed E-state index contributed by atoms with van der Waals surface area (Å²) in [5.74, 6) is 0. The van der Waals surface area contributed by atoms with Crippen LogP contribution in [0.15, 0.2) is 24.3 Å². The van der Waals surface area contributed by atoms with Crippen molar-refractivity contribution in [3.05, 3.63) is 29.8 Å². The van der Waals surface area contributed by atoms with E-state index < -0.39 is 6.10 Å². The average molecular weight is 207 g/mol. The molecular weight excluding hydrogens is 190 g/mol. The zero-order chi connectivity index (χ0) is 10.7. The Hall–Kier alpha value is -1.06. The van der Waals surface area contributed by atoms with Crippen LogP contribution >= 0.6 is 0 Å². The van der Waals surface area contributed by atoms with Crippen molar-refractivity contribution in [2.75, 3.05) is 31.2 Å². The van der Waals surface area contributed by atoms with Crippen molar-refractivity contribution in [3.8, 4) is 0 Å². The van der Waals surface area contributed by atoms with E-state index in [1.807, 2.05) is 12.1 Å². The molecule has 1 aliphatic heterocycles. The van der Waals surface area contributed by atoms with Crippen LogP contribution in [0.4, 0.5) is 5.69 Å². The van der Waals surface area contributed by atoms with Gasteiger partial charge < -0.3 is 14.7 Å². The third-order valence-corrected chi connectivity index (χ3v) is 2.73. The second kappa shape index (κ2) is 4.64. The van der Waals surface area contributed by atoms with Gasteiger partial charge in [-0.25, -0.2) is 0 Å². The molecule has 15 heavy (non-hydrogen) atoms. The molecule has 1 heterocycles. The zero-order valence-corrected chi connectivity index (χ0v) is 9.02.